The summed E-state index contributed by atoms with van der Waals surface area (Å²) < 4.78 is 33.2. The molecule has 1 fully saturated rings. The Bertz CT molecular complexity index is 942. The zero-order valence-corrected chi connectivity index (χ0v) is 18.2. The summed E-state index contributed by atoms with van der Waals surface area (Å²) in [6.07, 6.45) is 1.70. The third-order valence-corrected chi connectivity index (χ3v) is 6.62. The lowest BCUT2D eigenvalue weighted by molar-refractivity contribution is 0.0941. The van der Waals surface area contributed by atoms with Gasteiger partial charge < -0.3 is 15.0 Å². The van der Waals surface area contributed by atoms with E-state index < -0.39 is 10.0 Å². The minimum absolute atomic E-state index is 0.00939. The predicted molar refractivity (Wildman–Crippen MR) is 116 cm³/mol. The molecule has 7 nitrogen and oxygen atoms in total. The van der Waals surface area contributed by atoms with Crippen LogP contribution in [0.3, 0.4) is 0 Å². The van der Waals surface area contributed by atoms with Crippen LogP contribution in [0.2, 0.25) is 0 Å². The summed E-state index contributed by atoms with van der Waals surface area (Å²) in [4.78, 5) is 14.8. The van der Waals surface area contributed by atoms with E-state index in [9.17, 15) is 13.2 Å². The van der Waals surface area contributed by atoms with Gasteiger partial charge in [-0.2, -0.15) is 0 Å². The Balaban J connectivity index is 1.65. The van der Waals surface area contributed by atoms with Crippen molar-refractivity contribution in [3.8, 4) is 0 Å². The van der Waals surface area contributed by atoms with Gasteiger partial charge >= 0.3 is 0 Å². The molecule has 2 aromatic carbocycles. The summed E-state index contributed by atoms with van der Waals surface area (Å²) in [5.41, 5.74) is 1.40. The number of amides is 1. The van der Waals surface area contributed by atoms with Crippen LogP contribution in [0.5, 0.6) is 0 Å². The standard InChI is InChI=1S/C22H29N3O4S/c1-25(2)21(17-8-4-3-5-9-17)16-23-22(26)18-10-6-12-20(14-18)30(27,28)24-15-19-11-7-13-29-19/h3-6,8-10,12,14,19,21,24H,7,11,13,15-16H2,1-2H3,(H,23,26). The number of carbonyl (C=O) groups is 1. The normalized spacial score (nSPS) is 17.8. The number of ether oxygens (including phenoxy) is 1. The summed E-state index contributed by atoms with van der Waals surface area (Å²) in [5, 5.41) is 2.92. The molecule has 2 atom stereocenters. The number of carbonyl (C=O) groups excluding carboxylic acids is 1. The molecule has 0 spiro atoms. The van der Waals surface area contributed by atoms with E-state index in [4.69, 9.17) is 4.74 Å². The second-order valence-electron chi connectivity index (χ2n) is 7.61. The van der Waals surface area contributed by atoms with Crippen LogP contribution in [-0.2, 0) is 14.8 Å². The Morgan fingerprint density at radius 1 is 1.17 bits per heavy atom. The minimum atomic E-state index is -3.71. The number of rotatable bonds is 9. The lowest BCUT2D eigenvalue weighted by Crippen LogP contribution is -2.35. The van der Waals surface area contributed by atoms with Crippen molar-refractivity contribution in [1.82, 2.24) is 14.9 Å². The third kappa shape index (κ3) is 5.89. The van der Waals surface area contributed by atoms with Crippen LogP contribution in [0, 0.1) is 0 Å². The van der Waals surface area contributed by atoms with Gasteiger partial charge in [0, 0.05) is 25.3 Å². The molecule has 1 heterocycles. The third-order valence-electron chi connectivity index (χ3n) is 5.20. The number of benzene rings is 2. The van der Waals surface area contributed by atoms with Crippen molar-refractivity contribution >= 4 is 15.9 Å². The number of likely N-dealkylation sites (N-methyl/N-ethyl adjacent to an activating group) is 1. The summed E-state index contributed by atoms with van der Waals surface area (Å²) in [6.45, 7) is 1.31. The van der Waals surface area contributed by atoms with E-state index in [1.54, 1.807) is 12.1 Å². The van der Waals surface area contributed by atoms with Crippen LogP contribution >= 0.6 is 0 Å². The smallest absolute Gasteiger partial charge is 0.251 e. The van der Waals surface area contributed by atoms with Gasteiger partial charge in [0.05, 0.1) is 17.0 Å². The van der Waals surface area contributed by atoms with E-state index in [0.29, 0.717) is 18.7 Å². The summed E-state index contributed by atoms with van der Waals surface area (Å²) in [6, 6.07) is 16.0. The van der Waals surface area contributed by atoms with Crippen LogP contribution in [-0.4, -0.2) is 59.1 Å². The van der Waals surface area contributed by atoms with Crippen LogP contribution in [0.1, 0.15) is 34.8 Å². The molecule has 0 radical (unpaired) electrons. The van der Waals surface area contributed by atoms with Gasteiger partial charge in [-0.1, -0.05) is 36.4 Å². The van der Waals surface area contributed by atoms with Gasteiger partial charge in [0.2, 0.25) is 10.0 Å². The average molecular weight is 432 g/mol. The van der Waals surface area contributed by atoms with E-state index in [1.807, 2.05) is 49.3 Å². The monoisotopic (exact) mass is 431 g/mol. The maximum Gasteiger partial charge on any atom is 0.251 e. The SMILES string of the molecule is CN(C)C(CNC(=O)c1cccc(S(=O)(=O)NCC2CCCO2)c1)c1ccccc1. The van der Waals surface area contributed by atoms with Crippen LogP contribution < -0.4 is 10.0 Å². The first-order chi connectivity index (χ1) is 14.4. The summed E-state index contributed by atoms with van der Waals surface area (Å²) in [7, 11) is 0.201. The van der Waals surface area contributed by atoms with Gasteiger partial charge in [-0.15, -0.1) is 0 Å². The molecule has 3 rings (SSSR count). The fraction of sp³-hybridized carbons (Fsp3) is 0.409. The molecule has 162 valence electrons. The topological polar surface area (TPSA) is 87.7 Å². The van der Waals surface area contributed by atoms with Gasteiger partial charge in [0.15, 0.2) is 0 Å². The molecule has 1 aliphatic rings. The van der Waals surface area contributed by atoms with E-state index in [-0.39, 0.29) is 29.5 Å². The van der Waals surface area contributed by atoms with Gasteiger partial charge in [-0.05, 0) is 50.7 Å². The molecule has 2 N–H and O–H groups in total. The van der Waals surface area contributed by atoms with Crippen LogP contribution in [0.15, 0.2) is 59.5 Å². The fourth-order valence-corrected chi connectivity index (χ4v) is 4.57. The second-order valence-corrected chi connectivity index (χ2v) is 9.38. The minimum Gasteiger partial charge on any atom is -0.377 e. The highest BCUT2D eigenvalue weighted by Gasteiger charge is 2.21. The molecule has 0 bridgehead atoms. The van der Waals surface area contributed by atoms with Crippen molar-refractivity contribution in [2.75, 3.05) is 33.8 Å². The van der Waals surface area contributed by atoms with Crippen molar-refractivity contribution in [2.45, 2.75) is 29.9 Å². The predicted octanol–water partition coefficient (Wildman–Crippen LogP) is 2.18. The lowest BCUT2D eigenvalue weighted by Gasteiger charge is -2.25. The molecule has 2 aromatic rings. The Hall–Kier alpha value is -2.26. The average Bonchev–Trinajstić information content (AvgIpc) is 3.27. The first-order valence-corrected chi connectivity index (χ1v) is 11.6. The van der Waals surface area contributed by atoms with Crippen molar-refractivity contribution in [3.05, 3.63) is 65.7 Å². The fourth-order valence-electron chi connectivity index (χ4n) is 3.46. The summed E-state index contributed by atoms with van der Waals surface area (Å²) >= 11 is 0. The van der Waals surface area contributed by atoms with E-state index in [1.165, 1.54) is 12.1 Å². The van der Waals surface area contributed by atoms with Crippen molar-refractivity contribution in [3.63, 3.8) is 0 Å². The molecule has 1 aliphatic heterocycles. The van der Waals surface area contributed by atoms with E-state index >= 15 is 0 Å². The Kier molecular flexibility index (Phi) is 7.60. The lowest BCUT2D eigenvalue weighted by atomic mass is 10.1. The highest BCUT2D eigenvalue weighted by atomic mass is 32.2. The van der Waals surface area contributed by atoms with Crippen LogP contribution in [0.4, 0.5) is 0 Å². The molecule has 1 amide bonds. The highest BCUT2D eigenvalue weighted by molar-refractivity contribution is 7.89. The Labute approximate surface area is 178 Å². The van der Waals surface area contributed by atoms with E-state index in [0.717, 1.165) is 18.4 Å². The van der Waals surface area contributed by atoms with Crippen molar-refractivity contribution in [1.29, 1.82) is 0 Å². The number of nitrogens with one attached hydrogen (secondary N) is 2. The molecule has 2 unspecified atom stereocenters. The zero-order valence-electron chi connectivity index (χ0n) is 17.4. The van der Waals surface area contributed by atoms with Gasteiger partial charge in [-0.25, -0.2) is 13.1 Å². The number of hydrogen-bond donors (Lipinski definition) is 2. The molecule has 0 aromatic heterocycles. The largest absolute Gasteiger partial charge is 0.377 e. The molecule has 30 heavy (non-hydrogen) atoms. The Morgan fingerprint density at radius 3 is 2.60 bits per heavy atom. The molecular formula is C22H29N3O4S. The maximum absolute atomic E-state index is 12.7. The molecule has 8 heteroatoms. The van der Waals surface area contributed by atoms with Gasteiger partial charge in [0.1, 0.15) is 0 Å². The molecule has 0 aliphatic carbocycles. The summed E-state index contributed by atoms with van der Waals surface area (Å²) in [5.74, 6) is -0.311. The van der Waals surface area contributed by atoms with Crippen molar-refractivity contribution in [2.24, 2.45) is 0 Å². The number of nitrogens with zero attached hydrogens (tertiary/aromatic N) is 1. The number of hydrogen-bond acceptors (Lipinski definition) is 5. The zero-order chi connectivity index (χ0) is 21.6. The van der Waals surface area contributed by atoms with E-state index in [2.05, 4.69) is 10.0 Å². The second kappa shape index (κ2) is 10.2. The molecular weight excluding hydrogens is 402 g/mol. The first kappa shape index (κ1) is 22.4. The Morgan fingerprint density at radius 2 is 1.93 bits per heavy atom. The number of sulfonamides is 1. The first-order valence-electron chi connectivity index (χ1n) is 10.1. The van der Waals surface area contributed by atoms with Crippen LogP contribution in [0.25, 0.3) is 0 Å². The quantitative estimate of drug-likeness (QED) is 0.635. The van der Waals surface area contributed by atoms with Crippen molar-refractivity contribution < 1.29 is 17.9 Å². The maximum atomic E-state index is 12.7. The molecule has 0 saturated carbocycles. The molecule has 1 saturated heterocycles. The van der Waals surface area contributed by atoms with Gasteiger partial charge in [-0.3, -0.25) is 4.79 Å². The van der Waals surface area contributed by atoms with Gasteiger partial charge in [0.25, 0.3) is 5.91 Å². The highest BCUT2D eigenvalue weighted by Crippen LogP contribution is 2.18.